The number of aromatic hydroxyl groups is 1. The third kappa shape index (κ3) is 3.20. The van der Waals surface area contributed by atoms with E-state index >= 15 is 0 Å². The fourth-order valence-electron chi connectivity index (χ4n) is 1.75. The molecule has 0 spiro atoms. The quantitative estimate of drug-likeness (QED) is 0.692. The number of carbonyl (C=O) groups excluding carboxylic acids is 1. The molecule has 0 bridgehead atoms. The summed E-state index contributed by atoms with van der Waals surface area (Å²) in [6, 6.07) is 13.9. The smallest absolute Gasteiger partial charge is 0.284 e. The van der Waals surface area contributed by atoms with Gasteiger partial charge in [-0.1, -0.05) is 34.1 Å². The molecule has 0 aliphatic heterocycles. The lowest BCUT2D eigenvalue weighted by molar-refractivity contribution is 0.108. The molecular formula is C15H9BrN2O3S. The van der Waals surface area contributed by atoms with Crippen molar-refractivity contribution < 1.29 is 14.3 Å². The number of hydrogen-bond donors (Lipinski definition) is 1. The number of phenols is 1. The summed E-state index contributed by atoms with van der Waals surface area (Å²) in [5.74, 6) is 0.248. The van der Waals surface area contributed by atoms with Gasteiger partial charge < -0.3 is 9.52 Å². The van der Waals surface area contributed by atoms with Gasteiger partial charge in [0.15, 0.2) is 0 Å². The van der Waals surface area contributed by atoms with Crippen molar-refractivity contribution in [1.82, 2.24) is 10.2 Å². The molecule has 1 heterocycles. The Kier molecular flexibility index (Phi) is 4.26. The molecule has 0 amide bonds. The first kappa shape index (κ1) is 14.8. The maximum Gasteiger partial charge on any atom is 0.284 e. The summed E-state index contributed by atoms with van der Waals surface area (Å²) < 4.78 is 6.16. The Morgan fingerprint density at radius 1 is 1.14 bits per heavy atom. The number of aromatic nitrogens is 2. The van der Waals surface area contributed by atoms with Gasteiger partial charge in [0.05, 0.1) is 5.56 Å². The minimum Gasteiger partial charge on any atom is -0.507 e. The van der Waals surface area contributed by atoms with Crippen LogP contribution in [0.4, 0.5) is 0 Å². The summed E-state index contributed by atoms with van der Waals surface area (Å²) in [5.41, 5.74) is 0.957. The van der Waals surface area contributed by atoms with Crippen molar-refractivity contribution in [2.24, 2.45) is 0 Å². The first-order chi connectivity index (χ1) is 10.6. The number of thioether (sulfide) groups is 1. The van der Waals surface area contributed by atoms with Crippen LogP contribution in [-0.4, -0.2) is 20.4 Å². The van der Waals surface area contributed by atoms with Crippen LogP contribution in [0.2, 0.25) is 0 Å². The molecule has 5 nitrogen and oxygen atoms in total. The Balaban J connectivity index is 1.81. The third-order valence-electron chi connectivity index (χ3n) is 2.79. The summed E-state index contributed by atoms with van der Waals surface area (Å²) in [6.45, 7) is 0. The van der Waals surface area contributed by atoms with Gasteiger partial charge in [0.25, 0.3) is 5.22 Å². The molecule has 0 aliphatic carbocycles. The molecule has 0 aliphatic rings. The van der Waals surface area contributed by atoms with E-state index in [4.69, 9.17) is 4.42 Å². The van der Waals surface area contributed by atoms with E-state index in [0.29, 0.717) is 10.4 Å². The summed E-state index contributed by atoms with van der Waals surface area (Å²) >= 11 is 4.04. The molecule has 0 unspecified atom stereocenters. The lowest BCUT2D eigenvalue weighted by Crippen LogP contribution is -1.94. The molecule has 110 valence electrons. The molecule has 2 aromatic carbocycles. The zero-order valence-electron chi connectivity index (χ0n) is 11.1. The predicted molar refractivity (Wildman–Crippen MR) is 85.7 cm³/mol. The molecule has 0 saturated heterocycles. The van der Waals surface area contributed by atoms with Crippen molar-refractivity contribution in [3.8, 4) is 17.2 Å². The van der Waals surface area contributed by atoms with Crippen LogP contribution in [0.15, 0.2) is 62.6 Å². The third-order valence-corrected chi connectivity index (χ3v) is 4.02. The van der Waals surface area contributed by atoms with Gasteiger partial charge in [-0.3, -0.25) is 4.79 Å². The number of phenolic OH excluding ortho intramolecular Hbond substituents is 1. The van der Waals surface area contributed by atoms with Crippen molar-refractivity contribution in [1.29, 1.82) is 0 Å². The maximum absolute atomic E-state index is 12.2. The Morgan fingerprint density at radius 2 is 1.91 bits per heavy atom. The van der Waals surface area contributed by atoms with E-state index in [9.17, 15) is 9.90 Å². The van der Waals surface area contributed by atoms with Crippen molar-refractivity contribution in [2.75, 3.05) is 0 Å². The largest absolute Gasteiger partial charge is 0.507 e. The molecule has 1 aromatic heterocycles. The van der Waals surface area contributed by atoms with E-state index in [-0.39, 0.29) is 21.7 Å². The average Bonchev–Trinajstić information content (AvgIpc) is 2.99. The lowest BCUT2D eigenvalue weighted by Gasteiger charge is -2.01. The van der Waals surface area contributed by atoms with Crippen LogP contribution >= 0.6 is 27.7 Å². The van der Waals surface area contributed by atoms with Crippen molar-refractivity contribution >= 4 is 32.8 Å². The second-order valence-corrected chi connectivity index (χ2v) is 6.13. The molecule has 1 N–H and O–H groups in total. The zero-order valence-corrected chi connectivity index (χ0v) is 13.5. The fraction of sp³-hybridized carbons (Fsp3) is 0. The topological polar surface area (TPSA) is 76.2 Å². The molecule has 7 heteroatoms. The Bertz CT molecular complexity index is 821. The van der Waals surface area contributed by atoms with Gasteiger partial charge in [-0.15, -0.1) is 10.2 Å². The number of rotatable bonds is 3. The van der Waals surface area contributed by atoms with E-state index in [1.165, 1.54) is 6.07 Å². The Hall–Kier alpha value is -2.12. The lowest BCUT2D eigenvalue weighted by atomic mass is 10.2. The highest BCUT2D eigenvalue weighted by Gasteiger charge is 2.18. The Morgan fingerprint density at radius 3 is 2.68 bits per heavy atom. The molecule has 0 radical (unpaired) electrons. The van der Waals surface area contributed by atoms with Crippen molar-refractivity contribution in [2.45, 2.75) is 5.22 Å². The van der Waals surface area contributed by atoms with E-state index < -0.39 is 0 Å². The van der Waals surface area contributed by atoms with Crippen molar-refractivity contribution in [3.05, 3.63) is 58.6 Å². The van der Waals surface area contributed by atoms with E-state index in [1.807, 2.05) is 30.3 Å². The number of benzene rings is 2. The van der Waals surface area contributed by atoms with Crippen molar-refractivity contribution in [3.63, 3.8) is 0 Å². The van der Waals surface area contributed by atoms with E-state index in [2.05, 4.69) is 26.1 Å². The summed E-state index contributed by atoms with van der Waals surface area (Å²) in [5, 5.41) is 17.3. The fourth-order valence-corrected chi connectivity index (χ4v) is 2.75. The van der Waals surface area contributed by atoms with Crippen LogP contribution in [-0.2, 0) is 0 Å². The monoisotopic (exact) mass is 376 g/mol. The van der Waals surface area contributed by atoms with Gasteiger partial charge in [0.2, 0.25) is 11.0 Å². The number of carbonyl (C=O) groups is 1. The number of hydrogen-bond acceptors (Lipinski definition) is 6. The van der Waals surface area contributed by atoms with Gasteiger partial charge in [0.1, 0.15) is 5.75 Å². The Labute approximate surface area is 138 Å². The summed E-state index contributed by atoms with van der Waals surface area (Å²) in [7, 11) is 0. The normalized spacial score (nSPS) is 10.6. The van der Waals surface area contributed by atoms with Gasteiger partial charge in [-0.05, 0) is 30.3 Å². The van der Waals surface area contributed by atoms with Crippen LogP contribution in [0.25, 0.3) is 11.5 Å². The SMILES string of the molecule is O=C(Sc1nnc(-c2ccccc2)o1)c1cc(Br)ccc1O. The minimum absolute atomic E-state index is 0.0940. The van der Waals surface area contributed by atoms with Crippen LogP contribution in [0, 0.1) is 0 Å². The summed E-state index contributed by atoms with van der Waals surface area (Å²) in [4.78, 5) is 12.2. The molecule has 0 fully saturated rings. The summed E-state index contributed by atoms with van der Waals surface area (Å²) in [6.07, 6.45) is 0. The highest BCUT2D eigenvalue weighted by molar-refractivity contribution is 9.10. The predicted octanol–water partition coefficient (Wildman–Crippen LogP) is 4.14. The standard InChI is InChI=1S/C15H9BrN2O3S/c16-10-6-7-12(19)11(8-10)14(20)22-15-18-17-13(21-15)9-4-2-1-3-5-9/h1-8,19H. The first-order valence-corrected chi connectivity index (χ1v) is 7.84. The minimum atomic E-state index is -0.373. The maximum atomic E-state index is 12.2. The molecule has 22 heavy (non-hydrogen) atoms. The van der Waals surface area contributed by atoms with Crippen LogP contribution in [0.5, 0.6) is 5.75 Å². The van der Waals surface area contributed by atoms with Gasteiger partial charge >= 0.3 is 0 Å². The first-order valence-electron chi connectivity index (χ1n) is 6.23. The number of halogens is 1. The number of nitrogens with zero attached hydrogens (tertiary/aromatic N) is 2. The van der Waals surface area contributed by atoms with Gasteiger partial charge in [-0.2, -0.15) is 0 Å². The molecule has 3 rings (SSSR count). The molecule has 0 atom stereocenters. The second kappa shape index (κ2) is 6.33. The average molecular weight is 377 g/mol. The zero-order chi connectivity index (χ0) is 15.5. The van der Waals surface area contributed by atoms with Crippen LogP contribution in [0.1, 0.15) is 10.4 Å². The molecule has 0 saturated carbocycles. The van der Waals surface area contributed by atoms with Gasteiger partial charge in [0, 0.05) is 21.8 Å². The van der Waals surface area contributed by atoms with Crippen LogP contribution < -0.4 is 0 Å². The highest BCUT2D eigenvalue weighted by Crippen LogP contribution is 2.30. The molecule has 3 aromatic rings. The van der Waals surface area contributed by atoms with Gasteiger partial charge in [-0.25, -0.2) is 0 Å². The molecular weight excluding hydrogens is 368 g/mol. The van der Waals surface area contributed by atoms with E-state index in [1.54, 1.807) is 12.1 Å². The highest BCUT2D eigenvalue weighted by atomic mass is 79.9. The second-order valence-electron chi connectivity index (χ2n) is 4.29. The van der Waals surface area contributed by atoms with Crippen LogP contribution in [0.3, 0.4) is 0 Å². The van der Waals surface area contributed by atoms with E-state index in [0.717, 1.165) is 17.3 Å².